The fourth-order valence-corrected chi connectivity index (χ4v) is 1.96. The molecule has 1 rings (SSSR count). The maximum atomic E-state index is 11.6. The van der Waals surface area contributed by atoms with Crippen molar-refractivity contribution in [3.63, 3.8) is 0 Å². The quantitative estimate of drug-likeness (QED) is 0.527. The number of carbonyl (C=O) groups excluding carboxylic acids is 1. The summed E-state index contributed by atoms with van der Waals surface area (Å²) in [5, 5.41) is 9.73. The molecule has 0 aliphatic carbocycles. The van der Waals surface area contributed by atoms with Crippen molar-refractivity contribution in [3.8, 4) is 5.88 Å². The summed E-state index contributed by atoms with van der Waals surface area (Å²) >= 11 is 0. The number of amides is 1. The van der Waals surface area contributed by atoms with Crippen molar-refractivity contribution in [3.05, 3.63) is 27.5 Å². The third kappa shape index (κ3) is 3.19. The van der Waals surface area contributed by atoms with Gasteiger partial charge in [0.05, 0.1) is 6.16 Å². The van der Waals surface area contributed by atoms with E-state index in [4.69, 9.17) is 15.5 Å². The average molecular weight is 276 g/mol. The molecule has 0 aromatic carbocycles. The number of primary amides is 1. The summed E-state index contributed by atoms with van der Waals surface area (Å²) in [5.74, 6) is -1.60. The van der Waals surface area contributed by atoms with E-state index >= 15 is 0 Å². The van der Waals surface area contributed by atoms with E-state index in [1.807, 2.05) is 0 Å². The fraction of sp³-hybridized carbons (Fsp3) is 0.333. The molecular weight excluding hydrogens is 263 g/mol. The summed E-state index contributed by atoms with van der Waals surface area (Å²) < 4.78 is 11.4. The zero-order chi connectivity index (χ0) is 14.1. The Morgan fingerprint density at radius 1 is 1.50 bits per heavy atom. The van der Waals surface area contributed by atoms with Gasteiger partial charge in [0.1, 0.15) is 5.56 Å². The lowest BCUT2D eigenvalue weighted by Gasteiger charge is -2.12. The lowest BCUT2D eigenvalue weighted by Crippen LogP contribution is -2.25. The SMILES string of the molecule is Cc1cc(=O)n(CCP(=O)(O)O)c(O)c1C(N)=O. The van der Waals surface area contributed by atoms with Crippen LogP contribution in [-0.4, -0.2) is 31.5 Å². The Hall–Kier alpha value is -1.63. The Labute approximate surface area is 102 Å². The van der Waals surface area contributed by atoms with E-state index in [1.165, 1.54) is 6.92 Å². The van der Waals surface area contributed by atoms with E-state index in [0.717, 1.165) is 6.07 Å². The van der Waals surface area contributed by atoms with Crippen LogP contribution in [0.4, 0.5) is 0 Å². The van der Waals surface area contributed by atoms with Gasteiger partial charge in [0.25, 0.3) is 11.5 Å². The maximum Gasteiger partial charge on any atom is 0.327 e. The van der Waals surface area contributed by atoms with Crippen LogP contribution in [0.2, 0.25) is 0 Å². The van der Waals surface area contributed by atoms with Gasteiger partial charge in [-0.3, -0.25) is 18.7 Å². The summed E-state index contributed by atoms with van der Waals surface area (Å²) in [6.45, 7) is 1.02. The zero-order valence-corrected chi connectivity index (χ0v) is 10.4. The number of rotatable bonds is 4. The highest BCUT2D eigenvalue weighted by Gasteiger charge is 2.19. The number of aryl methyl sites for hydroxylation is 1. The van der Waals surface area contributed by atoms with Crippen LogP contribution >= 0.6 is 7.60 Å². The van der Waals surface area contributed by atoms with Crippen LogP contribution in [0.3, 0.4) is 0 Å². The van der Waals surface area contributed by atoms with E-state index in [0.29, 0.717) is 4.57 Å². The number of hydrogen-bond acceptors (Lipinski definition) is 4. The lowest BCUT2D eigenvalue weighted by atomic mass is 10.1. The van der Waals surface area contributed by atoms with Gasteiger partial charge >= 0.3 is 7.60 Å². The Bertz CT molecular complexity index is 587. The van der Waals surface area contributed by atoms with E-state index in [1.54, 1.807) is 0 Å². The van der Waals surface area contributed by atoms with Crippen LogP contribution in [0.1, 0.15) is 15.9 Å². The molecule has 0 spiro atoms. The van der Waals surface area contributed by atoms with Crippen molar-refractivity contribution in [2.45, 2.75) is 13.5 Å². The second-order valence-corrected chi connectivity index (χ2v) is 5.54. The molecule has 1 amide bonds. The fourth-order valence-electron chi connectivity index (χ4n) is 1.50. The molecule has 0 saturated heterocycles. The molecule has 5 N–H and O–H groups in total. The van der Waals surface area contributed by atoms with Crippen molar-refractivity contribution in [1.29, 1.82) is 0 Å². The summed E-state index contributed by atoms with van der Waals surface area (Å²) in [6.07, 6.45) is -0.623. The Balaban J connectivity index is 3.29. The number of hydrogen-bond donors (Lipinski definition) is 4. The maximum absolute atomic E-state index is 11.6. The van der Waals surface area contributed by atoms with Gasteiger partial charge in [0.15, 0.2) is 0 Å². The number of nitrogens with two attached hydrogens (primary N) is 1. The zero-order valence-electron chi connectivity index (χ0n) is 9.53. The second-order valence-electron chi connectivity index (χ2n) is 3.77. The first-order valence-electron chi connectivity index (χ1n) is 4.91. The van der Waals surface area contributed by atoms with Gasteiger partial charge in [-0.2, -0.15) is 0 Å². The largest absolute Gasteiger partial charge is 0.494 e. The Morgan fingerprint density at radius 3 is 2.50 bits per heavy atom. The smallest absolute Gasteiger partial charge is 0.327 e. The molecule has 0 bridgehead atoms. The van der Waals surface area contributed by atoms with Crippen LogP contribution in [0.5, 0.6) is 5.88 Å². The monoisotopic (exact) mass is 276 g/mol. The molecular formula is C9H13N2O6P. The molecule has 9 heteroatoms. The molecule has 0 atom stereocenters. The molecule has 1 aromatic rings. The minimum absolute atomic E-state index is 0.206. The van der Waals surface area contributed by atoms with Crippen molar-refractivity contribution >= 4 is 13.5 Å². The van der Waals surface area contributed by atoms with E-state index in [-0.39, 0.29) is 11.1 Å². The normalized spacial score (nSPS) is 11.5. The predicted molar refractivity (Wildman–Crippen MR) is 62.5 cm³/mol. The van der Waals surface area contributed by atoms with Gasteiger partial charge in [-0.25, -0.2) is 0 Å². The Morgan fingerprint density at radius 2 is 2.06 bits per heavy atom. The molecule has 0 radical (unpaired) electrons. The molecule has 18 heavy (non-hydrogen) atoms. The molecule has 8 nitrogen and oxygen atoms in total. The van der Waals surface area contributed by atoms with Crippen molar-refractivity contribution in [1.82, 2.24) is 4.57 Å². The number of aromatic nitrogens is 1. The van der Waals surface area contributed by atoms with Crippen molar-refractivity contribution in [2.24, 2.45) is 5.73 Å². The molecule has 1 heterocycles. The van der Waals surface area contributed by atoms with Crippen LogP contribution in [0.15, 0.2) is 10.9 Å². The summed E-state index contributed by atoms with van der Waals surface area (Å²) in [5.41, 5.74) is 4.36. The van der Waals surface area contributed by atoms with E-state index in [2.05, 4.69) is 0 Å². The first-order valence-corrected chi connectivity index (χ1v) is 6.71. The van der Waals surface area contributed by atoms with Crippen LogP contribution in [0.25, 0.3) is 0 Å². The predicted octanol–water partition coefficient (Wildman–Crippen LogP) is -0.861. The molecule has 0 aliphatic rings. The molecule has 0 fully saturated rings. The van der Waals surface area contributed by atoms with Gasteiger partial charge < -0.3 is 20.6 Å². The highest BCUT2D eigenvalue weighted by Crippen LogP contribution is 2.34. The average Bonchev–Trinajstić information content (AvgIpc) is 2.13. The summed E-state index contributed by atoms with van der Waals surface area (Å²) in [7, 11) is -4.31. The number of carbonyl (C=O) groups is 1. The number of pyridine rings is 1. The van der Waals surface area contributed by atoms with Gasteiger partial charge in [-0.05, 0) is 12.5 Å². The minimum Gasteiger partial charge on any atom is -0.494 e. The first kappa shape index (κ1) is 14.4. The van der Waals surface area contributed by atoms with Gasteiger partial charge in [0, 0.05) is 12.6 Å². The highest BCUT2D eigenvalue weighted by molar-refractivity contribution is 7.51. The number of nitrogens with zero attached hydrogens (tertiary/aromatic N) is 1. The van der Waals surface area contributed by atoms with E-state index < -0.39 is 37.6 Å². The lowest BCUT2D eigenvalue weighted by molar-refractivity contribution is 0.0995. The second kappa shape index (κ2) is 4.93. The molecule has 1 aromatic heterocycles. The van der Waals surface area contributed by atoms with Crippen LogP contribution < -0.4 is 11.3 Å². The Kier molecular flexibility index (Phi) is 3.95. The van der Waals surface area contributed by atoms with Gasteiger partial charge in [-0.15, -0.1) is 0 Å². The highest BCUT2D eigenvalue weighted by atomic mass is 31.2. The van der Waals surface area contributed by atoms with Crippen molar-refractivity contribution in [2.75, 3.05) is 6.16 Å². The summed E-state index contributed by atoms with van der Waals surface area (Å²) in [6, 6.07) is 1.07. The van der Waals surface area contributed by atoms with Crippen molar-refractivity contribution < 1.29 is 24.3 Å². The first-order chi connectivity index (χ1) is 8.13. The minimum atomic E-state index is -4.31. The molecule has 0 unspecified atom stereocenters. The van der Waals surface area contributed by atoms with Crippen LogP contribution in [0, 0.1) is 6.92 Å². The van der Waals surface area contributed by atoms with E-state index in [9.17, 15) is 19.3 Å². The number of aromatic hydroxyl groups is 1. The van der Waals surface area contributed by atoms with Gasteiger partial charge in [-0.1, -0.05) is 0 Å². The molecule has 0 saturated carbocycles. The summed E-state index contributed by atoms with van der Waals surface area (Å²) in [4.78, 5) is 40.1. The molecule has 100 valence electrons. The third-order valence-electron chi connectivity index (χ3n) is 2.34. The topological polar surface area (TPSA) is 143 Å². The van der Waals surface area contributed by atoms with Gasteiger partial charge in [0.2, 0.25) is 5.88 Å². The van der Waals surface area contributed by atoms with Crippen LogP contribution in [-0.2, 0) is 11.1 Å². The molecule has 0 aliphatic heterocycles. The third-order valence-corrected chi connectivity index (χ3v) is 3.12. The standard InChI is InChI=1S/C9H13N2O6P/c1-5-4-6(12)11(2-3-18(15,16)17)9(14)7(5)8(10)13/h4,14H,2-3H2,1H3,(H2,10,13)(H2,15,16,17).